The van der Waals surface area contributed by atoms with Gasteiger partial charge in [0.25, 0.3) is 5.89 Å². The molecule has 0 atom stereocenters. The maximum Gasteiger partial charge on any atom is 0.356 e. The first-order valence-corrected chi connectivity index (χ1v) is 5.66. The molecule has 0 aromatic carbocycles. The van der Waals surface area contributed by atoms with Crippen molar-refractivity contribution in [1.29, 1.82) is 0 Å². The van der Waals surface area contributed by atoms with Crippen molar-refractivity contribution >= 4 is 5.97 Å². The number of ether oxygens (including phenoxy) is 1. The molecule has 10 heteroatoms. The minimum absolute atomic E-state index is 0.00233. The van der Waals surface area contributed by atoms with Gasteiger partial charge in [0, 0.05) is 6.07 Å². The second-order valence-corrected chi connectivity index (χ2v) is 3.80. The number of aromatic carboxylic acids is 1. The summed E-state index contributed by atoms with van der Waals surface area (Å²) in [4.78, 5) is 29.3. The zero-order valence-electron chi connectivity index (χ0n) is 10.6. The monoisotopic (exact) mass is 288 g/mol. The van der Waals surface area contributed by atoms with Crippen LogP contribution in [0.5, 0.6) is 5.88 Å². The van der Waals surface area contributed by atoms with Crippen LogP contribution in [0.3, 0.4) is 0 Å². The van der Waals surface area contributed by atoms with E-state index in [4.69, 9.17) is 14.4 Å². The molecule has 3 aromatic rings. The second-order valence-electron chi connectivity index (χ2n) is 3.80. The predicted octanol–water partition coefficient (Wildman–Crippen LogP) is 0.623. The zero-order valence-corrected chi connectivity index (χ0v) is 10.6. The lowest BCUT2D eigenvalue weighted by molar-refractivity contribution is 0.0691. The van der Waals surface area contributed by atoms with Gasteiger partial charge in [-0.1, -0.05) is 5.16 Å². The number of nitrogens with zero attached hydrogens (tertiary/aromatic N) is 5. The Kier molecular flexibility index (Phi) is 3.03. The van der Waals surface area contributed by atoms with Crippen LogP contribution >= 0.6 is 0 Å². The lowest BCUT2D eigenvalue weighted by Gasteiger charge is -1.97. The highest BCUT2D eigenvalue weighted by Gasteiger charge is 2.21. The second kappa shape index (κ2) is 5.00. The summed E-state index contributed by atoms with van der Waals surface area (Å²) in [6.07, 6.45) is 2.53. The van der Waals surface area contributed by atoms with Crippen LogP contribution < -0.4 is 4.74 Å². The van der Waals surface area contributed by atoms with Gasteiger partial charge >= 0.3 is 5.97 Å². The fourth-order valence-corrected chi connectivity index (χ4v) is 1.62. The Morgan fingerprint density at radius 3 is 3.00 bits per heavy atom. The van der Waals surface area contributed by atoms with E-state index in [2.05, 4.69) is 30.1 Å². The van der Waals surface area contributed by atoms with Gasteiger partial charge in [-0.25, -0.2) is 19.7 Å². The molecule has 0 saturated heterocycles. The summed E-state index contributed by atoms with van der Waals surface area (Å²) in [6.45, 7) is 0. The average molecular weight is 288 g/mol. The fourth-order valence-electron chi connectivity index (χ4n) is 1.62. The minimum Gasteiger partial charge on any atom is -0.481 e. The van der Waals surface area contributed by atoms with Crippen LogP contribution in [0.2, 0.25) is 0 Å². The molecule has 0 saturated carbocycles. The molecule has 0 spiro atoms. The molecular weight excluding hydrogens is 280 g/mol. The van der Waals surface area contributed by atoms with Gasteiger partial charge in [0.15, 0.2) is 5.69 Å². The first-order valence-electron chi connectivity index (χ1n) is 5.66. The highest BCUT2D eigenvalue weighted by molar-refractivity contribution is 5.91. The van der Waals surface area contributed by atoms with E-state index in [1.807, 2.05) is 0 Å². The van der Waals surface area contributed by atoms with E-state index in [0.717, 1.165) is 0 Å². The molecule has 0 aliphatic carbocycles. The Labute approximate surface area is 116 Å². The van der Waals surface area contributed by atoms with Crippen LogP contribution in [0, 0.1) is 0 Å². The van der Waals surface area contributed by atoms with E-state index >= 15 is 0 Å². The molecule has 3 rings (SSSR count). The van der Waals surface area contributed by atoms with Crippen molar-refractivity contribution in [3.05, 3.63) is 24.4 Å². The van der Waals surface area contributed by atoms with Crippen molar-refractivity contribution < 1.29 is 19.2 Å². The summed E-state index contributed by atoms with van der Waals surface area (Å²) in [6, 6.07) is 1.53. The standard InChI is InChI=1S/C11H8N6O4/c1-20-6-2-5(12-3-13-6)9-16-10(21-17-9)7-8(11(18)19)15-4-14-7/h2-4H,1H3,(H,14,15)(H,18,19). The number of nitrogens with one attached hydrogen (secondary N) is 1. The van der Waals surface area contributed by atoms with Crippen molar-refractivity contribution in [2.75, 3.05) is 7.11 Å². The van der Waals surface area contributed by atoms with Gasteiger partial charge in [0.1, 0.15) is 17.7 Å². The third-order valence-corrected chi connectivity index (χ3v) is 2.56. The van der Waals surface area contributed by atoms with E-state index in [9.17, 15) is 4.79 Å². The quantitative estimate of drug-likeness (QED) is 0.706. The van der Waals surface area contributed by atoms with E-state index < -0.39 is 5.97 Å². The van der Waals surface area contributed by atoms with Crippen LogP contribution in [-0.2, 0) is 0 Å². The lowest BCUT2D eigenvalue weighted by Crippen LogP contribution is -1.99. The van der Waals surface area contributed by atoms with Gasteiger partial charge in [-0.2, -0.15) is 4.98 Å². The SMILES string of the molecule is COc1cc(-c2noc(-c3[nH]cnc3C(=O)O)n2)ncn1. The number of carbonyl (C=O) groups is 1. The number of H-pyrrole nitrogens is 1. The largest absolute Gasteiger partial charge is 0.481 e. The van der Waals surface area contributed by atoms with E-state index in [1.165, 1.54) is 25.8 Å². The first-order chi connectivity index (χ1) is 10.2. The Morgan fingerprint density at radius 2 is 2.24 bits per heavy atom. The molecule has 10 nitrogen and oxygen atoms in total. The molecule has 0 fully saturated rings. The van der Waals surface area contributed by atoms with Crippen molar-refractivity contribution in [3.8, 4) is 29.0 Å². The maximum absolute atomic E-state index is 11.0. The number of hydrogen-bond acceptors (Lipinski definition) is 8. The van der Waals surface area contributed by atoms with Crippen molar-refractivity contribution in [2.24, 2.45) is 0 Å². The molecule has 106 valence electrons. The molecule has 2 N–H and O–H groups in total. The maximum atomic E-state index is 11.0. The summed E-state index contributed by atoms with van der Waals surface area (Å²) < 4.78 is 10.0. The Bertz CT molecular complexity index is 795. The van der Waals surface area contributed by atoms with E-state index in [0.29, 0.717) is 11.6 Å². The van der Waals surface area contributed by atoms with Crippen LogP contribution in [0.25, 0.3) is 23.1 Å². The number of carboxylic acids is 1. The summed E-state index contributed by atoms with van der Waals surface area (Å²) in [5, 5.41) is 12.7. The van der Waals surface area contributed by atoms with Gasteiger partial charge in [-0.05, 0) is 0 Å². The third kappa shape index (κ3) is 2.29. The molecule has 0 aliphatic heterocycles. The predicted molar refractivity (Wildman–Crippen MR) is 66.4 cm³/mol. The summed E-state index contributed by atoms with van der Waals surface area (Å²) >= 11 is 0. The first kappa shape index (κ1) is 12.7. The van der Waals surface area contributed by atoms with Gasteiger partial charge in [-0.15, -0.1) is 0 Å². The number of aromatic amines is 1. The smallest absolute Gasteiger partial charge is 0.356 e. The average Bonchev–Trinajstić information content (AvgIpc) is 3.15. The van der Waals surface area contributed by atoms with Gasteiger partial charge in [-0.3, -0.25) is 0 Å². The third-order valence-electron chi connectivity index (χ3n) is 2.56. The molecule has 21 heavy (non-hydrogen) atoms. The summed E-state index contributed by atoms with van der Waals surface area (Å²) in [7, 11) is 1.47. The number of aromatic nitrogens is 6. The molecule has 0 amide bonds. The van der Waals surface area contributed by atoms with E-state index in [-0.39, 0.29) is 23.1 Å². The van der Waals surface area contributed by atoms with Crippen LogP contribution in [0.15, 0.2) is 23.2 Å². The zero-order chi connectivity index (χ0) is 14.8. The molecule has 0 radical (unpaired) electrons. The van der Waals surface area contributed by atoms with Crippen LogP contribution in [0.4, 0.5) is 0 Å². The van der Waals surface area contributed by atoms with Gasteiger partial charge in [0.05, 0.1) is 13.4 Å². The number of rotatable bonds is 4. The fraction of sp³-hybridized carbons (Fsp3) is 0.0909. The summed E-state index contributed by atoms with van der Waals surface area (Å²) in [5.41, 5.74) is 0.306. The molecule has 0 aliphatic rings. The highest BCUT2D eigenvalue weighted by Crippen LogP contribution is 2.22. The highest BCUT2D eigenvalue weighted by atomic mass is 16.5. The molecular formula is C11H8N6O4. The molecule has 3 heterocycles. The number of methoxy groups -OCH3 is 1. The normalized spacial score (nSPS) is 10.5. The Morgan fingerprint density at radius 1 is 1.38 bits per heavy atom. The molecule has 3 aromatic heterocycles. The lowest BCUT2D eigenvalue weighted by atomic mass is 10.3. The van der Waals surface area contributed by atoms with Crippen LogP contribution in [0.1, 0.15) is 10.5 Å². The number of carboxylic acid groups (broad SMARTS) is 1. The van der Waals surface area contributed by atoms with E-state index in [1.54, 1.807) is 0 Å². The Hall–Kier alpha value is -3.30. The van der Waals surface area contributed by atoms with Gasteiger partial charge < -0.3 is 19.4 Å². The minimum atomic E-state index is -1.20. The summed E-state index contributed by atoms with van der Waals surface area (Å²) in [5.74, 6) is -0.678. The van der Waals surface area contributed by atoms with Crippen molar-refractivity contribution in [2.45, 2.75) is 0 Å². The number of hydrogen-bond donors (Lipinski definition) is 2. The van der Waals surface area contributed by atoms with Crippen LogP contribution in [-0.4, -0.2) is 48.3 Å². The number of imidazole rings is 1. The van der Waals surface area contributed by atoms with Gasteiger partial charge in [0.2, 0.25) is 11.7 Å². The molecule has 0 unspecified atom stereocenters. The topological polar surface area (TPSA) is 140 Å². The van der Waals surface area contributed by atoms with Crippen molar-refractivity contribution in [1.82, 2.24) is 30.1 Å². The van der Waals surface area contributed by atoms with Crippen molar-refractivity contribution in [3.63, 3.8) is 0 Å². The Balaban J connectivity index is 2.00. The molecule has 0 bridgehead atoms.